The number of hydrogen-bond acceptors (Lipinski definition) is 7. The number of halogens is 2. The van der Waals surface area contributed by atoms with Crippen LogP contribution in [-0.2, 0) is 4.79 Å². The molecule has 2 aromatic carbocycles. The number of piperidine rings is 1. The van der Waals surface area contributed by atoms with Crippen molar-refractivity contribution in [3.05, 3.63) is 59.1 Å². The summed E-state index contributed by atoms with van der Waals surface area (Å²) in [6, 6.07) is 10.1. The van der Waals surface area contributed by atoms with E-state index in [1.807, 2.05) is 25.1 Å². The normalized spacial score (nSPS) is 14.1. The zero-order valence-corrected chi connectivity index (χ0v) is 19.1. The van der Waals surface area contributed by atoms with Gasteiger partial charge in [-0.05, 0) is 36.8 Å². The summed E-state index contributed by atoms with van der Waals surface area (Å²) in [6.45, 7) is 4.77. The summed E-state index contributed by atoms with van der Waals surface area (Å²) >= 11 is 5.73. The van der Waals surface area contributed by atoms with Crippen LogP contribution in [0.25, 0.3) is 0 Å². The second-order valence-corrected chi connectivity index (χ2v) is 8.18. The van der Waals surface area contributed by atoms with Gasteiger partial charge in [0.05, 0.1) is 5.02 Å². The second-order valence-electron chi connectivity index (χ2n) is 7.77. The molecular weight excluding hydrogens is 447 g/mol. The van der Waals surface area contributed by atoms with Gasteiger partial charge in [0.25, 0.3) is 0 Å². The fourth-order valence-corrected chi connectivity index (χ4v) is 3.75. The molecule has 8 nitrogen and oxygen atoms in total. The van der Waals surface area contributed by atoms with Crippen LogP contribution < -0.4 is 20.3 Å². The number of nitrogens with zero attached hydrogens (tertiary/aromatic N) is 4. The third kappa shape index (κ3) is 5.67. The fourth-order valence-electron chi connectivity index (χ4n) is 3.63. The topological polar surface area (TPSA) is 92.3 Å². The number of ether oxygens (including phenoxy) is 1. The number of aromatic nitrogens is 3. The number of rotatable bonds is 6. The van der Waals surface area contributed by atoms with Gasteiger partial charge < -0.3 is 20.3 Å². The highest BCUT2D eigenvalue weighted by Crippen LogP contribution is 2.27. The molecule has 0 spiro atoms. The van der Waals surface area contributed by atoms with E-state index in [4.69, 9.17) is 16.3 Å². The van der Waals surface area contributed by atoms with Gasteiger partial charge in [-0.15, -0.1) is 0 Å². The Morgan fingerprint density at radius 3 is 2.67 bits per heavy atom. The molecule has 2 heterocycles. The Hall–Kier alpha value is -3.46. The maximum Gasteiger partial charge on any atom is 0.232 e. The number of carbonyl (C=O) groups excluding carboxylic acids is 1. The molecule has 10 heteroatoms. The molecule has 1 saturated heterocycles. The lowest BCUT2D eigenvalue weighted by atomic mass is 10.1. The summed E-state index contributed by atoms with van der Waals surface area (Å²) in [7, 11) is 0. The van der Waals surface area contributed by atoms with Crippen molar-refractivity contribution in [1.29, 1.82) is 0 Å². The van der Waals surface area contributed by atoms with Crippen molar-refractivity contribution < 1.29 is 13.9 Å². The van der Waals surface area contributed by atoms with Crippen LogP contribution >= 0.6 is 11.6 Å². The number of hydrogen-bond donors (Lipinski definition) is 2. The monoisotopic (exact) mass is 470 g/mol. The summed E-state index contributed by atoms with van der Waals surface area (Å²) in [5.41, 5.74) is 2.40. The molecule has 1 aliphatic heterocycles. The average molecular weight is 471 g/mol. The van der Waals surface area contributed by atoms with Gasteiger partial charge in [-0.25, -0.2) is 14.4 Å². The van der Waals surface area contributed by atoms with Crippen LogP contribution in [0.1, 0.15) is 25.3 Å². The smallest absolute Gasteiger partial charge is 0.232 e. The molecule has 172 valence electrons. The number of anilines is 4. The minimum absolute atomic E-state index is 0.0274. The predicted octanol–water partition coefficient (Wildman–Crippen LogP) is 4.72. The van der Waals surface area contributed by atoms with Crippen molar-refractivity contribution in [1.82, 2.24) is 15.0 Å². The summed E-state index contributed by atoms with van der Waals surface area (Å²) in [5.74, 6) is 0.831. The van der Waals surface area contributed by atoms with E-state index in [9.17, 15) is 9.18 Å². The molecule has 1 fully saturated rings. The molecule has 0 bridgehead atoms. The van der Waals surface area contributed by atoms with E-state index in [-0.39, 0.29) is 17.0 Å². The van der Waals surface area contributed by atoms with Crippen LogP contribution in [0.5, 0.6) is 5.75 Å². The first-order valence-electron chi connectivity index (χ1n) is 10.6. The van der Waals surface area contributed by atoms with E-state index in [1.54, 1.807) is 6.07 Å². The molecule has 1 aromatic heterocycles. The van der Waals surface area contributed by atoms with E-state index in [1.165, 1.54) is 25.4 Å². The van der Waals surface area contributed by atoms with Crippen LogP contribution in [0.4, 0.5) is 27.7 Å². The Morgan fingerprint density at radius 2 is 1.94 bits per heavy atom. The molecular formula is C23H24ClFN6O2. The van der Waals surface area contributed by atoms with E-state index in [2.05, 4.69) is 30.5 Å². The zero-order chi connectivity index (χ0) is 23.4. The maximum absolute atomic E-state index is 13.6. The van der Waals surface area contributed by atoms with Crippen LogP contribution in [0.3, 0.4) is 0 Å². The minimum Gasteiger partial charge on any atom is -0.490 e. The summed E-state index contributed by atoms with van der Waals surface area (Å²) in [4.78, 5) is 26.6. The molecule has 1 aliphatic rings. The molecule has 3 aromatic rings. The molecule has 0 aliphatic carbocycles. The van der Waals surface area contributed by atoms with Gasteiger partial charge in [0.2, 0.25) is 17.8 Å². The highest BCUT2D eigenvalue weighted by atomic mass is 35.5. The van der Waals surface area contributed by atoms with E-state index < -0.39 is 5.82 Å². The lowest BCUT2D eigenvalue weighted by Gasteiger charge is -2.32. The SMILES string of the molecule is CC(=O)Nc1cccc(Nc2ncnc(N3CCC(Oc4ccc(Cl)c(F)c4)CC3)n2)c1C. The number of carbonyl (C=O) groups is 1. The number of nitrogens with one attached hydrogen (secondary N) is 2. The quantitative estimate of drug-likeness (QED) is 0.538. The Labute approximate surface area is 196 Å². The van der Waals surface area contributed by atoms with Crippen LogP contribution in [0.2, 0.25) is 5.02 Å². The number of benzene rings is 2. The van der Waals surface area contributed by atoms with Gasteiger partial charge in [0.15, 0.2) is 0 Å². The van der Waals surface area contributed by atoms with Gasteiger partial charge in [-0.3, -0.25) is 4.79 Å². The van der Waals surface area contributed by atoms with Crippen molar-refractivity contribution >= 4 is 40.8 Å². The van der Waals surface area contributed by atoms with Crippen LogP contribution in [0.15, 0.2) is 42.7 Å². The van der Waals surface area contributed by atoms with Crippen molar-refractivity contribution in [2.24, 2.45) is 0 Å². The first-order valence-corrected chi connectivity index (χ1v) is 11.0. The van der Waals surface area contributed by atoms with Gasteiger partial charge in [0, 0.05) is 50.3 Å². The van der Waals surface area contributed by atoms with Gasteiger partial charge in [0.1, 0.15) is 24.0 Å². The third-order valence-corrected chi connectivity index (χ3v) is 5.68. The average Bonchev–Trinajstić information content (AvgIpc) is 2.79. The zero-order valence-electron chi connectivity index (χ0n) is 18.3. The van der Waals surface area contributed by atoms with E-state index >= 15 is 0 Å². The van der Waals surface area contributed by atoms with Crippen LogP contribution in [0, 0.1) is 12.7 Å². The largest absolute Gasteiger partial charge is 0.490 e. The standard InChI is InChI=1S/C23H24ClFN6O2/c1-14-20(28-15(2)32)4-3-5-21(14)29-22-26-13-27-23(30-22)31-10-8-16(9-11-31)33-17-6-7-18(24)19(25)12-17/h3-7,12-13,16H,8-11H2,1-2H3,(H,28,32)(H,26,27,29,30). The first kappa shape index (κ1) is 22.7. The molecule has 4 rings (SSSR count). The molecule has 0 atom stereocenters. The Kier molecular flexibility index (Phi) is 6.88. The van der Waals surface area contributed by atoms with E-state index in [0.717, 1.165) is 29.8 Å². The van der Waals surface area contributed by atoms with Crippen molar-refractivity contribution in [2.45, 2.75) is 32.8 Å². The Morgan fingerprint density at radius 1 is 1.18 bits per heavy atom. The first-order chi connectivity index (χ1) is 15.9. The molecule has 2 N–H and O–H groups in total. The molecule has 1 amide bonds. The number of amides is 1. The molecule has 0 radical (unpaired) electrons. The predicted molar refractivity (Wildman–Crippen MR) is 126 cm³/mol. The Bertz CT molecular complexity index is 1150. The highest BCUT2D eigenvalue weighted by molar-refractivity contribution is 6.30. The van der Waals surface area contributed by atoms with Crippen molar-refractivity contribution in [3.63, 3.8) is 0 Å². The molecule has 0 saturated carbocycles. The van der Waals surface area contributed by atoms with Gasteiger partial charge in [-0.1, -0.05) is 17.7 Å². The third-order valence-electron chi connectivity index (χ3n) is 5.37. The lowest BCUT2D eigenvalue weighted by molar-refractivity contribution is -0.114. The molecule has 0 unspecified atom stereocenters. The van der Waals surface area contributed by atoms with Crippen molar-refractivity contribution in [2.75, 3.05) is 28.6 Å². The maximum atomic E-state index is 13.6. The van der Waals surface area contributed by atoms with Crippen LogP contribution in [-0.4, -0.2) is 40.1 Å². The van der Waals surface area contributed by atoms with Gasteiger partial charge >= 0.3 is 0 Å². The second kappa shape index (κ2) is 9.99. The molecule has 33 heavy (non-hydrogen) atoms. The summed E-state index contributed by atoms with van der Waals surface area (Å²) < 4.78 is 19.6. The minimum atomic E-state index is -0.491. The van der Waals surface area contributed by atoms with E-state index in [0.29, 0.717) is 30.7 Å². The van der Waals surface area contributed by atoms with Gasteiger partial charge in [-0.2, -0.15) is 4.98 Å². The summed E-state index contributed by atoms with van der Waals surface area (Å²) in [5, 5.41) is 6.09. The lowest BCUT2D eigenvalue weighted by Crippen LogP contribution is -2.39. The summed E-state index contributed by atoms with van der Waals surface area (Å²) in [6.07, 6.45) is 2.93. The Balaban J connectivity index is 1.39. The highest BCUT2D eigenvalue weighted by Gasteiger charge is 2.23. The van der Waals surface area contributed by atoms with Crippen molar-refractivity contribution in [3.8, 4) is 5.75 Å². The fraction of sp³-hybridized carbons (Fsp3) is 0.304.